The number of nitrogens with two attached hydrogens (primary N) is 1. The van der Waals surface area contributed by atoms with Crippen LogP contribution in [0.1, 0.15) is 41.8 Å². The number of nitrogen functional groups attached to an aromatic ring is 1. The Labute approximate surface area is 179 Å². The van der Waals surface area contributed by atoms with Gasteiger partial charge in [0.2, 0.25) is 0 Å². The zero-order chi connectivity index (χ0) is 21.8. The first-order valence-electron chi connectivity index (χ1n) is 9.49. The van der Waals surface area contributed by atoms with Crippen LogP contribution in [-0.2, 0) is 9.59 Å². The number of nitroso groups, excluding NO2 is 1. The fraction of sp³-hybridized carbons (Fsp3) is 0.333. The highest BCUT2D eigenvalue weighted by atomic mass is 32.2. The van der Waals surface area contributed by atoms with Crippen LogP contribution < -0.4 is 15.9 Å². The number of nitrogens with zero attached hydrogens (tertiary/aromatic N) is 2. The van der Waals surface area contributed by atoms with Crippen molar-refractivity contribution in [3.05, 3.63) is 58.0 Å². The van der Waals surface area contributed by atoms with Crippen molar-refractivity contribution in [1.29, 1.82) is 0 Å². The van der Waals surface area contributed by atoms with Crippen LogP contribution in [0, 0.1) is 11.8 Å². The summed E-state index contributed by atoms with van der Waals surface area (Å²) >= 11 is 1.41. The fourth-order valence-electron chi connectivity index (χ4n) is 3.17. The summed E-state index contributed by atoms with van der Waals surface area (Å²) in [6, 6.07) is 10.6. The molecule has 1 aliphatic rings. The number of hydrogen-bond donors (Lipinski definition) is 2. The molecule has 0 aromatic heterocycles. The third-order valence-electron chi connectivity index (χ3n) is 4.72. The summed E-state index contributed by atoms with van der Waals surface area (Å²) in [4.78, 5) is 35.8. The molecule has 8 nitrogen and oxygen atoms in total. The number of rotatable bonds is 7. The van der Waals surface area contributed by atoms with Crippen LogP contribution in [0.5, 0.6) is 5.75 Å². The number of nitrogens with one attached hydrogen (secondary N) is 1. The summed E-state index contributed by atoms with van der Waals surface area (Å²) in [6.45, 7) is 5.40. The molecule has 3 rings (SSSR count). The van der Waals surface area contributed by atoms with Gasteiger partial charge >= 0.3 is 0 Å². The minimum atomic E-state index is -0.454. The molecule has 1 fully saturated rings. The number of carbonyl (C=O) groups is 2. The van der Waals surface area contributed by atoms with Crippen LogP contribution in [-0.4, -0.2) is 29.2 Å². The lowest BCUT2D eigenvalue weighted by molar-refractivity contribution is -0.140. The highest BCUT2D eigenvalue weighted by Gasteiger charge is 2.34. The molecule has 1 unspecified atom stereocenters. The molecule has 158 valence electrons. The average Bonchev–Trinajstić information content (AvgIpc) is 3.06. The van der Waals surface area contributed by atoms with Crippen molar-refractivity contribution in [1.82, 2.24) is 10.4 Å². The van der Waals surface area contributed by atoms with E-state index in [9.17, 15) is 14.5 Å². The van der Waals surface area contributed by atoms with Crippen LogP contribution in [0.25, 0.3) is 0 Å². The summed E-state index contributed by atoms with van der Waals surface area (Å²) < 4.78 is 5.73. The van der Waals surface area contributed by atoms with E-state index >= 15 is 0 Å². The van der Waals surface area contributed by atoms with Gasteiger partial charge in [-0.2, -0.15) is 0 Å². The molecule has 0 bridgehead atoms. The van der Waals surface area contributed by atoms with Gasteiger partial charge in [-0.15, -0.1) is 16.7 Å². The normalized spacial score (nSPS) is 16.1. The van der Waals surface area contributed by atoms with Crippen molar-refractivity contribution in [3.63, 3.8) is 0 Å². The second kappa shape index (κ2) is 9.17. The van der Waals surface area contributed by atoms with Gasteiger partial charge in [0.1, 0.15) is 16.8 Å². The molecular formula is C21H24N4O4S. The number of hydrazine groups is 1. The molecular weight excluding hydrogens is 404 g/mol. The first-order chi connectivity index (χ1) is 14.3. The van der Waals surface area contributed by atoms with E-state index < -0.39 is 5.91 Å². The maximum atomic E-state index is 12.5. The zero-order valence-electron chi connectivity index (χ0n) is 17.0. The number of benzene rings is 2. The lowest BCUT2D eigenvalue weighted by atomic mass is 9.99. The lowest BCUT2D eigenvalue weighted by Crippen LogP contribution is -2.46. The van der Waals surface area contributed by atoms with Crippen LogP contribution in [0.2, 0.25) is 0 Å². The Morgan fingerprint density at radius 1 is 1.37 bits per heavy atom. The Morgan fingerprint density at radius 2 is 2.13 bits per heavy atom. The number of amides is 2. The van der Waals surface area contributed by atoms with Crippen molar-refractivity contribution in [2.45, 2.75) is 32.1 Å². The summed E-state index contributed by atoms with van der Waals surface area (Å²) in [7, 11) is 0. The van der Waals surface area contributed by atoms with Crippen LogP contribution in [0.3, 0.4) is 0 Å². The third-order valence-corrected chi connectivity index (χ3v) is 5.93. The van der Waals surface area contributed by atoms with Gasteiger partial charge in [-0.25, -0.2) is 5.01 Å². The van der Waals surface area contributed by atoms with E-state index in [-0.39, 0.29) is 29.6 Å². The third kappa shape index (κ3) is 4.73. The number of aryl methyl sites for hydroxylation is 1. The summed E-state index contributed by atoms with van der Waals surface area (Å²) in [5, 5.41) is 4.00. The van der Waals surface area contributed by atoms with E-state index in [1.54, 1.807) is 31.2 Å². The molecule has 3 N–H and O–H groups in total. The van der Waals surface area contributed by atoms with Crippen molar-refractivity contribution >= 4 is 35.0 Å². The van der Waals surface area contributed by atoms with Gasteiger partial charge in [-0.05, 0) is 59.0 Å². The fourth-order valence-corrected chi connectivity index (χ4v) is 4.27. The van der Waals surface area contributed by atoms with E-state index in [2.05, 4.69) is 10.6 Å². The van der Waals surface area contributed by atoms with Gasteiger partial charge < -0.3 is 10.5 Å². The first-order valence-corrected chi connectivity index (χ1v) is 10.5. The average molecular weight is 429 g/mol. The number of carbonyl (C=O) groups excluding carboxylic acids is 2. The van der Waals surface area contributed by atoms with Gasteiger partial charge in [0.25, 0.3) is 11.8 Å². The minimum Gasteiger partial charge on any atom is -0.483 e. The Kier molecular flexibility index (Phi) is 6.61. The van der Waals surface area contributed by atoms with E-state index in [1.165, 1.54) is 16.8 Å². The van der Waals surface area contributed by atoms with Crippen molar-refractivity contribution in [3.8, 4) is 5.75 Å². The Bertz CT molecular complexity index is 979. The Balaban J connectivity index is 1.70. The van der Waals surface area contributed by atoms with Gasteiger partial charge in [-0.3, -0.25) is 15.0 Å². The van der Waals surface area contributed by atoms with E-state index in [1.807, 2.05) is 26.0 Å². The summed E-state index contributed by atoms with van der Waals surface area (Å²) in [6.07, 6.45) is 0. The van der Waals surface area contributed by atoms with Crippen molar-refractivity contribution in [2.75, 3.05) is 18.1 Å². The summed E-state index contributed by atoms with van der Waals surface area (Å²) in [5.41, 5.74) is 11.7. The second-order valence-corrected chi connectivity index (χ2v) is 8.41. The smallest absolute Gasteiger partial charge is 0.276 e. The number of thioether (sulfide) groups is 1. The zero-order valence-corrected chi connectivity index (χ0v) is 17.9. The number of anilines is 1. The predicted molar refractivity (Wildman–Crippen MR) is 117 cm³/mol. The summed E-state index contributed by atoms with van der Waals surface area (Å²) in [5.74, 6) is 0.205. The molecule has 2 amide bonds. The van der Waals surface area contributed by atoms with Crippen LogP contribution in [0.4, 0.5) is 11.4 Å². The molecule has 1 heterocycles. The molecule has 0 saturated carbocycles. The molecule has 9 heteroatoms. The molecule has 1 atom stereocenters. The monoisotopic (exact) mass is 428 g/mol. The Hall–Kier alpha value is -3.07. The van der Waals surface area contributed by atoms with Gasteiger partial charge in [0, 0.05) is 5.69 Å². The Morgan fingerprint density at radius 3 is 2.80 bits per heavy atom. The molecule has 2 aromatic carbocycles. The quantitative estimate of drug-likeness (QED) is 0.512. The van der Waals surface area contributed by atoms with Crippen LogP contribution >= 0.6 is 11.8 Å². The van der Waals surface area contributed by atoms with Crippen molar-refractivity contribution in [2.24, 2.45) is 5.18 Å². The molecule has 1 aliphatic heterocycles. The predicted octanol–water partition coefficient (Wildman–Crippen LogP) is 3.78. The highest BCUT2D eigenvalue weighted by molar-refractivity contribution is 8.00. The first kappa shape index (κ1) is 21.6. The minimum absolute atomic E-state index is 0.0774. The molecule has 1 saturated heterocycles. The molecule has 0 aliphatic carbocycles. The second-order valence-electron chi connectivity index (χ2n) is 7.34. The molecule has 2 aromatic rings. The SMILES string of the molecule is Cc1cc(OCC(=O)NN2C(=O)CSC2c2cccc(N)c2)c(C(C)C)cc1N=O. The maximum Gasteiger partial charge on any atom is 0.276 e. The van der Waals surface area contributed by atoms with E-state index in [0.717, 1.165) is 11.1 Å². The lowest BCUT2D eigenvalue weighted by Gasteiger charge is -2.25. The van der Waals surface area contributed by atoms with Gasteiger partial charge in [0.05, 0.1) is 5.75 Å². The van der Waals surface area contributed by atoms with Crippen LogP contribution in [0.15, 0.2) is 41.6 Å². The van der Waals surface area contributed by atoms with E-state index in [0.29, 0.717) is 22.7 Å². The molecule has 30 heavy (non-hydrogen) atoms. The number of hydrogen-bond acceptors (Lipinski definition) is 7. The van der Waals surface area contributed by atoms with Gasteiger partial charge in [0.15, 0.2) is 6.61 Å². The molecule has 0 spiro atoms. The van der Waals surface area contributed by atoms with Crippen molar-refractivity contribution < 1.29 is 14.3 Å². The highest BCUT2D eigenvalue weighted by Crippen LogP contribution is 2.38. The maximum absolute atomic E-state index is 12.5. The number of ether oxygens (including phenoxy) is 1. The standard InChI is InChI=1S/C21H24N4O4S/c1-12(2)16-9-17(24-28)13(3)7-18(16)29-10-19(26)23-25-20(27)11-30-21(25)14-5-4-6-15(22)8-14/h4-9,12,21H,10-11,22H2,1-3H3,(H,23,26). The molecule has 0 radical (unpaired) electrons. The topological polar surface area (TPSA) is 114 Å². The van der Waals surface area contributed by atoms with Gasteiger partial charge in [-0.1, -0.05) is 26.0 Å². The van der Waals surface area contributed by atoms with E-state index in [4.69, 9.17) is 10.5 Å². The largest absolute Gasteiger partial charge is 0.483 e.